The molecule has 0 unspecified atom stereocenters. The minimum absolute atomic E-state index is 0.488. The fourth-order valence-electron chi connectivity index (χ4n) is 2.61. The van der Waals surface area contributed by atoms with E-state index < -0.39 is 0 Å². The van der Waals surface area contributed by atoms with Crippen LogP contribution < -0.4 is 15.4 Å². The van der Waals surface area contributed by atoms with Crippen molar-refractivity contribution in [3.63, 3.8) is 0 Å². The van der Waals surface area contributed by atoms with Crippen LogP contribution >= 0.6 is 11.6 Å². The Morgan fingerprint density at radius 1 is 0.889 bits per heavy atom. The highest BCUT2D eigenvalue weighted by atomic mass is 35.5. The van der Waals surface area contributed by atoms with E-state index in [0.29, 0.717) is 16.8 Å². The van der Waals surface area contributed by atoms with Crippen LogP contribution in [0.2, 0.25) is 5.02 Å². The van der Waals surface area contributed by atoms with Crippen LogP contribution in [0.5, 0.6) is 5.75 Å². The summed E-state index contributed by atoms with van der Waals surface area (Å²) >= 11 is 6.06. The lowest BCUT2D eigenvalue weighted by atomic mass is 10.2. The maximum atomic E-state index is 6.06. The SMILES string of the molecule is COc1ccc(Nc2nccc(Nc3cnc4ccc(Cl)cc4c3)n2)cc1. The first-order valence-electron chi connectivity index (χ1n) is 8.26. The van der Waals surface area contributed by atoms with Gasteiger partial charge in [0, 0.05) is 22.3 Å². The summed E-state index contributed by atoms with van der Waals surface area (Å²) in [4.78, 5) is 13.2. The molecular formula is C20H16ClN5O. The molecule has 0 spiro atoms. The van der Waals surface area contributed by atoms with Gasteiger partial charge in [0.15, 0.2) is 0 Å². The molecule has 2 aromatic carbocycles. The molecule has 134 valence electrons. The molecule has 0 aliphatic rings. The molecule has 27 heavy (non-hydrogen) atoms. The van der Waals surface area contributed by atoms with E-state index in [1.165, 1.54) is 0 Å². The Balaban J connectivity index is 1.53. The Hall–Kier alpha value is -3.38. The van der Waals surface area contributed by atoms with Gasteiger partial charge in [0.25, 0.3) is 0 Å². The van der Waals surface area contributed by atoms with E-state index in [0.717, 1.165) is 28.0 Å². The van der Waals surface area contributed by atoms with Crippen molar-refractivity contribution in [1.29, 1.82) is 0 Å². The molecule has 0 radical (unpaired) electrons. The van der Waals surface area contributed by atoms with E-state index in [9.17, 15) is 0 Å². The summed E-state index contributed by atoms with van der Waals surface area (Å²) in [6.45, 7) is 0. The second-order valence-corrected chi connectivity index (χ2v) is 6.24. The van der Waals surface area contributed by atoms with Gasteiger partial charge in [-0.05, 0) is 54.6 Å². The largest absolute Gasteiger partial charge is 0.497 e. The summed E-state index contributed by atoms with van der Waals surface area (Å²) in [5.74, 6) is 1.94. The van der Waals surface area contributed by atoms with Crippen LogP contribution in [0.15, 0.2) is 67.0 Å². The second kappa shape index (κ2) is 7.47. The number of nitrogens with zero attached hydrogens (tertiary/aromatic N) is 3. The van der Waals surface area contributed by atoms with Gasteiger partial charge >= 0.3 is 0 Å². The Kier molecular flexibility index (Phi) is 4.72. The molecule has 0 bridgehead atoms. The van der Waals surface area contributed by atoms with E-state index >= 15 is 0 Å². The molecule has 0 amide bonds. The number of hydrogen-bond donors (Lipinski definition) is 2. The third-order valence-corrected chi connectivity index (χ3v) is 4.15. The van der Waals surface area contributed by atoms with Crippen LogP contribution in [0.1, 0.15) is 0 Å². The van der Waals surface area contributed by atoms with E-state index in [-0.39, 0.29) is 0 Å². The Labute approximate surface area is 161 Å². The number of benzene rings is 2. The molecule has 6 nitrogen and oxygen atoms in total. The van der Waals surface area contributed by atoms with Gasteiger partial charge in [-0.2, -0.15) is 4.98 Å². The predicted molar refractivity (Wildman–Crippen MR) is 108 cm³/mol. The Bertz CT molecular complexity index is 1090. The number of rotatable bonds is 5. The normalized spacial score (nSPS) is 10.6. The van der Waals surface area contributed by atoms with Crippen molar-refractivity contribution < 1.29 is 4.74 Å². The molecule has 0 saturated carbocycles. The third-order valence-electron chi connectivity index (χ3n) is 3.92. The number of aromatic nitrogens is 3. The first kappa shape index (κ1) is 17.1. The van der Waals surface area contributed by atoms with Crippen LogP contribution in [0.3, 0.4) is 0 Å². The molecule has 4 aromatic rings. The Morgan fingerprint density at radius 3 is 2.56 bits per heavy atom. The van der Waals surface area contributed by atoms with Crippen molar-refractivity contribution in [1.82, 2.24) is 15.0 Å². The lowest BCUT2D eigenvalue weighted by Crippen LogP contribution is -2.00. The molecule has 0 aliphatic carbocycles. The highest BCUT2D eigenvalue weighted by Crippen LogP contribution is 2.23. The van der Waals surface area contributed by atoms with Gasteiger partial charge < -0.3 is 15.4 Å². The molecule has 0 atom stereocenters. The summed E-state index contributed by atoms with van der Waals surface area (Å²) < 4.78 is 5.16. The van der Waals surface area contributed by atoms with Crippen LogP contribution in [0.25, 0.3) is 10.9 Å². The summed E-state index contributed by atoms with van der Waals surface area (Å²) in [6, 6.07) is 16.9. The van der Waals surface area contributed by atoms with Crippen molar-refractivity contribution in [2.45, 2.75) is 0 Å². The maximum Gasteiger partial charge on any atom is 0.229 e. The quantitative estimate of drug-likeness (QED) is 0.499. The molecule has 0 aliphatic heterocycles. The molecular weight excluding hydrogens is 362 g/mol. The van der Waals surface area contributed by atoms with Crippen molar-refractivity contribution in [3.05, 3.63) is 72.0 Å². The summed E-state index contributed by atoms with van der Waals surface area (Å²) in [5.41, 5.74) is 2.57. The third kappa shape index (κ3) is 4.07. The van der Waals surface area contributed by atoms with Crippen molar-refractivity contribution in [2.75, 3.05) is 17.7 Å². The van der Waals surface area contributed by atoms with Gasteiger partial charge in [-0.25, -0.2) is 4.98 Å². The number of pyridine rings is 1. The number of nitrogens with one attached hydrogen (secondary N) is 2. The summed E-state index contributed by atoms with van der Waals surface area (Å²) in [6.07, 6.45) is 3.45. The molecule has 2 N–H and O–H groups in total. The van der Waals surface area contributed by atoms with Crippen molar-refractivity contribution in [2.24, 2.45) is 0 Å². The smallest absolute Gasteiger partial charge is 0.229 e. The highest BCUT2D eigenvalue weighted by Gasteiger charge is 2.03. The van der Waals surface area contributed by atoms with Gasteiger partial charge in [-0.3, -0.25) is 4.98 Å². The van der Waals surface area contributed by atoms with Crippen molar-refractivity contribution >= 4 is 45.6 Å². The summed E-state index contributed by atoms with van der Waals surface area (Å²) in [5, 5.41) is 8.04. The van der Waals surface area contributed by atoms with Crippen LogP contribution in [0.4, 0.5) is 23.1 Å². The van der Waals surface area contributed by atoms with Gasteiger partial charge in [-0.15, -0.1) is 0 Å². The molecule has 4 rings (SSSR count). The maximum absolute atomic E-state index is 6.06. The van der Waals surface area contributed by atoms with Crippen LogP contribution in [-0.2, 0) is 0 Å². The van der Waals surface area contributed by atoms with E-state index in [4.69, 9.17) is 16.3 Å². The monoisotopic (exact) mass is 377 g/mol. The van der Waals surface area contributed by atoms with Gasteiger partial charge in [0.1, 0.15) is 11.6 Å². The zero-order chi connectivity index (χ0) is 18.6. The molecule has 0 saturated heterocycles. The highest BCUT2D eigenvalue weighted by molar-refractivity contribution is 6.31. The van der Waals surface area contributed by atoms with Gasteiger partial charge in [0.2, 0.25) is 5.95 Å². The number of ether oxygens (including phenoxy) is 1. The average Bonchev–Trinajstić information content (AvgIpc) is 2.68. The number of hydrogen-bond acceptors (Lipinski definition) is 6. The lowest BCUT2D eigenvalue weighted by molar-refractivity contribution is 0.415. The number of halogens is 1. The fraction of sp³-hybridized carbons (Fsp3) is 0.0500. The average molecular weight is 378 g/mol. The first-order chi connectivity index (χ1) is 13.2. The lowest BCUT2D eigenvalue weighted by Gasteiger charge is -2.09. The zero-order valence-corrected chi connectivity index (χ0v) is 15.2. The van der Waals surface area contributed by atoms with Crippen LogP contribution in [0, 0.1) is 0 Å². The van der Waals surface area contributed by atoms with Gasteiger partial charge in [0.05, 0.1) is 24.5 Å². The predicted octanol–water partition coefficient (Wildman–Crippen LogP) is 5.17. The van der Waals surface area contributed by atoms with E-state index in [2.05, 4.69) is 25.6 Å². The summed E-state index contributed by atoms with van der Waals surface area (Å²) in [7, 11) is 1.64. The standard InChI is InChI=1S/C20H16ClN5O/c1-27-17-5-3-15(4-6-17)25-20-22-9-8-19(26-20)24-16-11-13-10-14(21)2-7-18(13)23-12-16/h2-12H,1H3,(H2,22,24,25,26). The molecule has 7 heteroatoms. The van der Waals surface area contributed by atoms with E-state index in [1.807, 2.05) is 48.5 Å². The minimum Gasteiger partial charge on any atom is -0.497 e. The fourth-order valence-corrected chi connectivity index (χ4v) is 2.79. The minimum atomic E-state index is 0.488. The molecule has 0 fully saturated rings. The van der Waals surface area contributed by atoms with E-state index in [1.54, 1.807) is 25.6 Å². The van der Waals surface area contributed by atoms with Gasteiger partial charge in [-0.1, -0.05) is 11.6 Å². The molecule has 2 heterocycles. The number of methoxy groups -OCH3 is 1. The second-order valence-electron chi connectivity index (χ2n) is 5.81. The number of fused-ring (bicyclic) bond motifs is 1. The number of anilines is 4. The first-order valence-corrected chi connectivity index (χ1v) is 8.64. The Morgan fingerprint density at radius 2 is 1.74 bits per heavy atom. The topological polar surface area (TPSA) is 72.0 Å². The molecule has 2 aromatic heterocycles. The van der Waals surface area contributed by atoms with Crippen LogP contribution in [-0.4, -0.2) is 22.1 Å². The zero-order valence-electron chi connectivity index (χ0n) is 14.5. The van der Waals surface area contributed by atoms with Crippen molar-refractivity contribution in [3.8, 4) is 5.75 Å².